The molecule has 0 saturated carbocycles. The molecule has 2 aromatic carbocycles. The van der Waals surface area contributed by atoms with Crippen LogP contribution in [0.4, 0.5) is 5.69 Å². The number of hydrogen-bond donors (Lipinski definition) is 2. The second-order valence-electron chi connectivity index (χ2n) is 6.02. The lowest BCUT2D eigenvalue weighted by atomic mass is 10.1. The maximum absolute atomic E-state index is 13.0. The normalized spacial score (nSPS) is 17.2. The Morgan fingerprint density at radius 2 is 1.65 bits per heavy atom. The van der Waals surface area contributed by atoms with Crippen molar-refractivity contribution in [2.75, 3.05) is 4.31 Å². The average Bonchev–Trinajstić information content (AvgIpc) is 2.89. The molecule has 0 aromatic heterocycles. The zero-order valence-corrected chi connectivity index (χ0v) is 15.3. The van der Waals surface area contributed by atoms with E-state index >= 15 is 0 Å². The maximum atomic E-state index is 13.0. The van der Waals surface area contributed by atoms with Crippen molar-refractivity contribution < 1.29 is 26.7 Å². The number of aromatic carboxylic acids is 1. The van der Waals surface area contributed by atoms with Gasteiger partial charge in [-0.3, -0.25) is 4.31 Å². The topological polar surface area (TPSA) is 135 Å². The van der Waals surface area contributed by atoms with Gasteiger partial charge in [-0.1, -0.05) is 0 Å². The fraction of sp³-hybridized carbons (Fsp3) is 0.188. The van der Waals surface area contributed by atoms with E-state index in [0.29, 0.717) is 17.7 Å². The number of carbonyl (C=O) groups is 1. The van der Waals surface area contributed by atoms with Gasteiger partial charge in [0.15, 0.2) is 0 Å². The molecule has 1 unspecified atom stereocenters. The summed E-state index contributed by atoms with van der Waals surface area (Å²) in [5, 5.41) is 14.1. The third kappa shape index (κ3) is 3.06. The van der Waals surface area contributed by atoms with Crippen LogP contribution < -0.4 is 9.44 Å². The predicted octanol–water partition coefficient (Wildman–Crippen LogP) is 1.17. The lowest BCUT2D eigenvalue weighted by Gasteiger charge is -2.24. The molecule has 26 heavy (non-hydrogen) atoms. The van der Waals surface area contributed by atoms with Crippen molar-refractivity contribution in [1.82, 2.24) is 0 Å². The molecular formula is C16H16N2O6S2. The van der Waals surface area contributed by atoms with Gasteiger partial charge < -0.3 is 5.11 Å². The summed E-state index contributed by atoms with van der Waals surface area (Å²) >= 11 is 0. The molecule has 0 bridgehead atoms. The van der Waals surface area contributed by atoms with Gasteiger partial charge in [-0.05, 0) is 61.4 Å². The molecule has 1 heterocycles. The van der Waals surface area contributed by atoms with Gasteiger partial charge >= 0.3 is 5.97 Å². The first-order valence-electron chi connectivity index (χ1n) is 7.55. The van der Waals surface area contributed by atoms with Crippen LogP contribution >= 0.6 is 0 Å². The van der Waals surface area contributed by atoms with E-state index in [1.54, 1.807) is 6.92 Å². The standard InChI is InChI=1S/C16H16N2O6S2/c1-10-8-12-9-14(25(17,21)22)6-7-15(12)18(10)26(23,24)13-4-2-11(3-5-13)16(19)20/h2-7,9-10H,8H2,1H3,(H,19,20)(H2,17,21,22). The summed E-state index contributed by atoms with van der Waals surface area (Å²) in [6, 6.07) is 8.56. The highest BCUT2D eigenvalue weighted by atomic mass is 32.2. The summed E-state index contributed by atoms with van der Waals surface area (Å²) in [7, 11) is -7.82. The molecule has 3 rings (SSSR count). The quantitative estimate of drug-likeness (QED) is 0.796. The third-order valence-corrected chi connectivity index (χ3v) is 7.04. The Kier molecular flexibility index (Phi) is 4.29. The van der Waals surface area contributed by atoms with Crippen LogP contribution in [0.25, 0.3) is 0 Å². The van der Waals surface area contributed by atoms with Crippen LogP contribution in [-0.4, -0.2) is 34.0 Å². The number of anilines is 1. The van der Waals surface area contributed by atoms with E-state index in [4.69, 9.17) is 10.2 Å². The summed E-state index contributed by atoms with van der Waals surface area (Å²) in [5.74, 6) is -1.15. The number of nitrogens with two attached hydrogens (primary N) is 1. The Morgan fingerprint density at radius 1 is 1.08 bits per heavy atom. The van der Waals surface area contributed by atoms with Crippen molar-refractivity contribution in [3.05, 3.63) is 53.6 Å². The van der Waals surface area contributed by atoms with Gasteiger partial charge in [0, 0.05) is 6.04 Å². The van der Waals surface area contributed by atoms with Crippen molar-refractivity contribution in [1.29, 1.82) is 0 Å². The summed E-state index contributed by atoms with van der Waals surface area (Å²) < 4.78 is 50.2. The van der Waals surface area contributed by atoms with Crippen molar-refractivity contribution in [2.24, 2.45) is 5.14 Å². The van der Waals surface area contributed by atoms with Gasteiger partial charge in [-0.15, -0.1) is 0 Å². The number of benzene rings is 2. The number of carboxylic acids is 1. The second-order valence-corrected chi connectivity index (χ2v) is 9.40. The molecular weight excluding hydrogens is 380 g/mol. The van der Waals surface area contributed by atoms with Gasteiger partial charge in [0.2, 0.25) is 10.0 Å². The van der Waals surface area contributed by atoms with Crippen LogP contribution in [0.15, 0.2) is 52.3 Å². The van der Waals surface area contributed by atoms with Gasteiger partial charge in [-0.25, -0.2) is 26.8 Å². The van der Waals surface area contributed by atoms with E-state index in [1.807, 2.05) is 0 Å². The van der Waals surface area contributed by atoms with Crippen molar-refractivity contribution in [3.8, 4) is 0 Å². The second kappa shape index (κ2) is 6.08. The minimum absolute atomic E-state index is 0.0170. The SMILES string of the molecule is CC1Cc2cc(S(N)(=O)=O)ccc2N1S(=O)(=O)c1ccc(C(=O)O)cc1. The van der Waals surface area contributed by atoms with E-state index in [2.05, 4.69) is 0 Å². The maximum Gasteiger partial charge on any atom is 0.335 e. The van der Waals surface area contributed by atoms with Crippen molar-refractivity contribution in [3.63, 3.8) is 0 Å². The van der Waals surface area contributed by atoms with Gasteiger partial charge in [-0.2, -0.15) is 0 Å². The molecule has 0 aliphatic carbocycles. The Hall–Kier alpha value is -2.43. The zero-order chi connectivity index (χ0) is 19.3. The fourth-order valence-electron chi connectivity index (χ4n) is 3.01. The van der Waals surface area contributed by atoms with Crippen LogP contribution in [0.2, 0.25) is 0 Å². The minimum atomic E-state index is -3.93. The highest BCUT2D eigenvalue weighted by Gasteiger charge is 2.36. The molecule has 2 aromatic rings. The molecule has 138 valence electrons. The Morgan fingerprint density at radius 3 is 2.19 bits per heavy atom. The average molecular weight is 396 g/mol. The number of sulfonamides is 2. The molecule has 1 aliphatic rings. The van der Waals surface area contributed by atoms with Gasteiger partial charge in [0.25, 0.3) is 10.0 Å². The highest BCUT2D eigenvalue weighted by Crippen LogP contribution is 2.37. The Bertz CT molecular complexity index is 1090. The first-order chi connectivity index (χ1) is 12.0. The highest BCUT2D eigenvalue weighted by molar-refractivity contribution is 7.93. The molecule has 8 nitrogen and oxygen atoms in total. The molecule has 0 radical (unpaired) electrons. The molecule has 0 fully saturated rings. The summed E-state index contributed by atoms with van der Waals surface area (Å²) in [4.78, 5) is 10.8. The lowest BCUT2D eigenvalue weighted by molar-refractivity contribution is 0.0696. The largest absolute Gasteiger partial charge is 0.478 e. The Labute approximate surface area is 151 Å². The van der Waals surface area contributed by atoms with Crippen LogP contribution in [0, 0.1) is 0 Å². The molecule has 10 heteroatoms. The molecule has 0 saturated heterocycles. The van der Waals surface area contributed by atoms with E-state index < -0.39 is 32.1 Å². The molecule has 1 aliphatic heterocycles. The van der Waals surface area contributed by atoms with Crippen LogP contribution in [0.3, 0.4) is 0 Å². The number of carboxylic acid groups (broad SMARTS) is 1. The first kappa shape index (κ1) is 18.4. The van der Waals surface area contributed by atoms with Crippen LogP contribution in [0.5, 0.6) is 0 Å². The fourth-order valence-corrected chi connectivity index (χ4v) is 5.26. The van der Waals surface area contributed by atoms with Crippen molar-refractivity contribution >= 4 is 31.7 Å². The lowest BCUT2D eigenvalue weighted by Crippen LogP contribution is -2.35. The smallest absolute Gasteiger partial charge is 0.335 e. The predicted molar refractivity (Wildman–Crippen MR) is 94.0 cm³/mol. The molecule has 0 amide bonds. The molecule has 0 spiro atoms. The molecule has 1 atom stereocenters. The monoisotopic (exact) mass is 396 g/mol. The van der Waals surface area contributed by atoms with Crippen LogP contribution in [0.1, 0.15) is 22.8 Å². The van der Waals surface area contributed by atoms with Gasteiger partial charge in [0.1, 0.15) is 0 Å². The number of hydrogen-bond acceptors (Lipinski definition) is 5. The van der Waals surface area contributed by atoms with Gasteiger partial charge in [0.05, 0.1) is 21.0 Å². The van der Waals surface area contributed by atoms with E-state index in [-0.39, 0.29) is 15.4 Å². The number of fused-ring (bicyclic) bond motifs is 1. The third-order valence-electron chi connectivity index (χ3n) is 4.19. The summed E-state index contributed by atoms with van der Waals surface area (Å²) in [6.45, 7) is 1.71. The molecule has 3 N–H and O–H groups in total. The van der Waals surface area contributed by atoms with E-state index in [0.717, 1.165) is 0 Å². The van der Waals surface area contributed by atoms with E-state index in [1.165, 1.54) is 46.8 Å². The number of rotatable bonds is 4. The van der Waals surface area contributed by atoms with E-state index in [9.17, 15) is 21.6 Å². The summed E-state index contributed by atoms with van der Waals surface area (Å²) in [6.07, 6.45) is 0.338. The van der Waals surface area contributed by atoms with Crippen LogP contribution in [-0.2, 0) is 26.5 Å². The first-order valence-corrected chi connectivity index (χ1v) is 10.5. The summed E-state index contributed by atoms with van der Waals surface area (Å²) in [5.41, 5.74) is 0.929. The Balaban J connectivity index is 2.06. The zero-order valence-electron chi connectivity index (χ0n) is 13.7. The number of primary sulfonamides is 1. The number of nitrogens with zero attached hydrogens (tertiary/aromatic N) is 1. The van der Waals surface area contributed by atoms with Crippen molar-refractivity contribution in [2.45, 2.75) is 29.2 Å². The minimum Gasteiger partial charge on any atom is -0.478 e.